The molecule has 0 saturated carbocycles. The van der Waals surface area contributed by atoms with Gasteiger partial charge in [0.2, 0.25) is 0 Å². The first-order valence-electron chi connectivity index (χ1n) is 6.88. The molecule has 0 spiro atoms. The van der Waals surface area contributed by atoms with Gasteiger partial charge in [-0.3, -0.25) is 4.90 Å². The maximum absolute atomic E-state index is 5.98. The van der Waals surface area contributed by atoms with Crippen molar-refractivity contribution in [2.24, 2.45) is 0 Å². The third kappa shape index (κ3) is 4.02. The first-order chi connectivity index (χ1) is 9.08. The molecule has 106 valence electrons. The summed E-state index contributed by atoms with van der Waals surface area (Å²) in [7, 11) is 2.18. The molecule has 1 aliphatic heterocycles. The van der Waals surface area contributed by atoms with Crippen molar-refractivity contribution in [2.75, 3.05) is 26.7 Å². The second-order valence-corrected chi connectivity index (χ2v) is 6.36. The van der Waals surface area contributed by atoms with Crippen molar-refractivity contribution < 1.29 is 4.74 Å². The van der Waals surface area contributed by atoms with Gasteiger partial charge in [-0.15, -0.1) is 0 Å². The zero-order valence-corrected chi connectivity index (χ0v) is 13.5. The van der Waals surface area contributed by atoms with Crippen molar-refractivity contribution in [3.8, 4) is 0 Å². The lowest BCUT2D eigenvalue weighted by molar-refractivity contribution is -0.0620. The zero-order valence-electron chi connectivity index (χ0n) is 11.9. The van der Waals surface area contributed by atoms with Crippen LogP contribution in [0.25, 0.3) is 0 Å². The standard InChI is InChI=1S/C15H23BrN2O/c1-11(2)17-10-14-15(18(3)8-9-19-14)12-4-6-13(16)7-5-12/h4-7,11,14-15,17H,8-10H2,1-3H3. The van der Waals surface area contributed by atoms with E-state index < -0.39 is 0 Å². The minimum atomic E-state index is 0.210. The van der Waals surface area contributed by atoms with Crippen LogP contribution >= 0.6 is 15.9 Å². The van der Waals surface area contributed by atoms with Gasteiger partial charge in [0.25, 0.3) is 0 Å². The predicted octanol–water partition coefficient (Wildman–Crippen LogP) is 2.82. The Bertz CT molecular complexity index is 394. The second kappa shape index (κ2) is 6.84. The molecule has 1 heterocycles. The molecule has 2 unspecified atom stereocenters. The molecule has 0 radical (unpaired) electrons. The largest absolute Gasteiger partial charge is 0.374 e. The van der Waals surface area contributed by atoms with Crippen LogP contribution in [0.15, 0.2) is 28.7 Å². The summed E-state index contributed by atoms with van der Waals surface area (Å²) in [6.07, 6.45) is 0.210. The second-order valence-electron chi connectivity index (χ2n) is 5.45. The van der Waals surface area contributed by atoms with E-state index in [0.717, 1.165) is 24.2 Å². The predicted molar refractivity (Wildman–Crippen MR) is 82.4 cm³/mol. The number of rotatable bonds is 4. The lowest BCUT2D eigenvalue weighted by Crippen LogP contribution is -2.48. The van der Waals surface area contributed by atoms with E-state index in [4.69, 9.17) is 4.74 Å². The smallest absolute Gasteiger partial charge is 0.0896 e. The maximum Gasteiger partial charge on any atom is 0.0896 e. The Balaban J connectivity index is 2.13. The molecule has 1 aromatic rings. The molecule has 1 aliphatic rings. The Kier molecular flexibility index (Phi) is 5.39. The number of hydrogen-bond acceptors (Lipinski definition) is 3. The number of hydrogen-bond donors (Lipinski definition) is 1. The quantitative estimate of drug-likeness (QED) is 0.920. The van der Waals surface area contributed by atoms with E-state index in [2.05, 4.69) is 71.3 Å². The van der Waals surface area contributed by atoms with Crippen molar-refractivity contribution in [3.63, 3.8) is 0 Å². The fourth-order valence-corrected chi connectivity index (χ4v) is 2.78. The zero-order chi connectivity index (χ0) is 13.8. The monoisotopic (exact) mass is 326 g/mol. The number of benzene rings is 1. The number of halogens is 1. The average molecular weight is 327 g/mol. The Labute approximate surface area is 124 Å². The third-order valence-electron chi connectivity index (χ3n) is 3.54. The van der Waals surface area contributed by atoms with Crippen LogP contribution < -0.4 is 5.32 Å². The fraction of sp³-hybridized carbons (Fsp3) is 0.600. The molecule has 2 rings (SSSR count). The van der Waals surface area contributed by atoms with Gasteiger partial charge in [0, 0.05) is 23.6 Å². The first-order valence-corrected chi connectivity index (χ1v) is 7.68. The Morgan fingerprint density at radius 3 is 2.68 bits per heavy atom. The number of ether oxygens (including phenoxy) is 1. The lowest BCUT2D eigenvalue weighted by atomic mass is 9.98. The highest BCUT2D eigenvalue weighted by Gasteiger charge is 2.31. The number of morpholine rings is 1. The van der Waals surface area contributed by atoms with E-state index in [1.165, 1.54) is 5.56 Å². The summed E-state index contributed by atoms with van der Waals surface area (Å²) in [6.45, 7) is 7.03. The fourth-order valence-electron chi connectivity index (χ4n) is 2.51. The molecular formula is C15H23BrN2O. The summed E-state index contributed by atoms with van der Waals surface area (Å²) < 4.78 is 7.10. The van der Waals surface area contributed by atoms with Gasteiger partial charge in [-0.1, -0.05) is 41.9 Å². The van der Waals surface area contributed by atoms with Crippen LogP contribution in [0.1, 0.15) is 25.5 Å². The minimum absolute atomic E-state index is 0.210. The molecule has 3 nitrogen and oxygen atoms in total. The van der Waals surface area contributed by atoms with E-state index in [1.54, 1.807) is 0 Å². The van der Waals surface area contributed by atoms with E-state index in [0.29, 0.717) is 12.1 Å². The molecule has 4 heteroatoms. The molecule has 0 bridgehead atoms. The summed E-state index contributed by atoms with van der Waals surface area (Å²) in [4.78, 5) is 2.39. The molecule has 0 aromatic heterocycles. The highest BCUT2D eigenvalue weighted by atomic mass is 79.9. The highest BCUT2D eigenvalue weighted by molar-refractivity contribution is 9.10. The first kappa shape index (κ1) is 15.0. The van der Waals surface area contributed by atoms with Gasteiger partial charge in [-0.2, -0.15) is 0 Å². The van der Waals surface area contributed by atoms with Crippen molar-refractivity contribution in [1.82, 2.24) is 10.2 Å². The molecule has 1 aromatic carbocycles. The lowest BCUT2D eigenvalue weighted by Gasteiger charge is -2.40. The van der Waals surface area contributed by atoms with Crippen molar-refractivity contribution in [3.05, 3.63) is 34.3 Å². The van der Waals surface area contributed by atoms with Gasteiger partial charge in [-0.25, -0.2) is 0 Å². The molecule has 0 amide bonds. The SMILES string of the molecule is CC(C)NCC1OCCN(C)C1c1ccc(Br)cc1. The Hall–Kier alpha value is -0.420. The van der Waals surface area contributed by atoms with Gasteiger partial charge < -0.3 is 10.1 Å². The van der Waals surface area contributed by atoms with Crippen molar-refractivity contribution in [2.45, 2.75) is 32.0 Å². The normalized spacial score (nSPS) is 24.9. The summed E-state index contributed by atoms with van der Waals surface area (Å²) in [5, 5.41) is 3.49. The van der Waals surface area contributed by atoms with Crippen LogP contribution in [-0.4, -0.2) is 43.8 Å². The van der Waals surface area contributed by atoms with Gasteiger partial charge in [0.05, 0.1) is 18.8 Å². The van der Waals surface area contributed by atoms with Crippen molar-refractivity contribution >= 4 is 15.9 Å². The number of nitrogens with zero attached hydrogens (tertiary/aromatic N) is 1. The van der Waals surface area contributed by atoms with Crippen molar-refractivity contribution in [1.29, 1.82) is 0 Å². The summed E-state index contributed by atoms with van der Waals surface area (Å²) in [5.74, 6) is 0. The molecule has 2 atom stereocenters. The van der Waals surface area contributed by atoms with Gasteiger partial charge in [0.15, 0.2) is 0 Å². The van der Waals surface area contributed by atoms with Crippen LogP contribution in [0.4, 0.5) is 0 Å². The molecular weight excluding hydrogens is 304 g/mol. The summed E-state index contributed by atoms with van der Waals surface area (Å²) in [6, 6.07) is 9.38. The maximum atomic E-state index is 5.98. The molecule has 0 aliphatic carbocycles. The van der Waals surface area contributed by atoms with Crippen LogP contribution in [0, 0.1) is 0 Å². The summed E-state index contributed by atoms with van der Waals surface area (Å²) in [5.41, 5.74) is 1.32. The third-order valence-corrected chi connectivity index (χ3v) is 4.07. The van der Waals surface area contributed by atoms with Gasteiger partial charge >= 0.3 is 0 Å². The molecule has 1 N–H and O–H groups in total. The minimum Gasteiger partial charge on any atom is -0.374 e. The van der Waals surface area contributed by atoms with E-state index in [-0.39, 0.29) is 6.10 Å². The van der Waals surface area contributed by atoms with Crippen LogP contribution in [-0.2, 0) is 4.74 Å². The summed E-state index contributed by atoms with van der Waals surface area (Å²) >= 11 is 3.49. The van der Waals surface area contributed by atoms with E-state index in [9.17, 15) is 0 Å². The van der Waals surface area contributed by atoms with Crippen LogP contribution in [0.3, 0.4) is 0 Å². The number of nitrogens with one attached hydrogen (secondary N) is 1. The van der Waals surface area contributed by atoms with E-state index >= 15 is 0 Å². The average Bonchev–Trinajstić information content (AvgIpc) is 2.38. The van der Waals surface area contributed by atoms with Crippen LogP contribution in [0.2, 0.25) is 0 Å². The van der Waals surface area contributed by atoms with Crippen LogP contribution in [0.5, 0.6) is 0 Å². The van der Waals surface area contributed by atoms with Gasteiger partial charge in [0.1, 0.15) is 0 Å². The van der Waals surface area contributed by atoms with E-state index in [1.807, 2.05) is 0 Å². The highest BCUT2D eigenvalue weighted by Crippen LogP contribution is 2.29. The molecule has 1 saturated heterocycles. The number of likely N-dealkylation sites (N-methyl/N-ethyl adjacent to an activating group) is 1. The Morgan fingerprint density at radius 1 is 1.37 bits per heavy atom. The Morgan fingerprint density at radius 2 is 2.05 bits per heavy atom. The molecule has 19 heavy (non-hydrogen) atoms. The topological polar surface area (TPSA) is 24.5 Å². The van der Waals surface area contributed by atoms with Gasteiger partial charge in [-0.05, 0) is 24.7 Å². The molecule has 1 fully saturated rings.